The fraction of sp³-hybridized carbons (Fsp3) is 0.625. The summed E-state index contributed by atoms with van der Waals surface area (Å²) in [6.07, 6.45) is -1.26. The van der Waals surface area contributed by atoms with Crippen LogP contribution in [0.25, 0.3) is 0 Å². The highest BCUT2D eigenvalue weighted by molar-refractivity contribution is 4.81. The molecule has 8 nitrogen and oxygen atoms in total. The van der Waals surface area contributed by atoms with E-state index in [0.29, 0.717) is 0 Å². The first-order valence-corrected chi connectivity index (χ1v) is 4.74. The van der Waals surface area contributed by atoms with Crippen LogP contribution in [0.1, 0.15) is 12.6 Å². The van der Waals surface area contributed by atoms with Crippen LogP contribution in [0, 0.1) is 0 Å². The van der Waals surface area contributed by atoms with Gasteiger partial charge in [-0.3, -0.25) is 9.78 Å². The van der Waals surface area contributed by atoms with Crippen molar-refractivity contribution >= 4 is 0 Å². The molecule has 1 aromatic heterocycles. The predicted octanol–water partition coefficient (Wildman–Crippen LogP) is -2.43. The quantitative estimate of drug-likeness (QED) is 0.519. The maximum atomic E-state index is 11.3. The van der Waals surface area contributed by atoms with Crippen LogP contribution in [-0.2, 0) is 4.74 Å². The first-order chi connectivity index (χ1) is 7.61. The standard InChI is InChI=1S/C8H11N3O5/c12-3-5-4(13)1-7(16-5)11-8(15)10-6(14)2-9-11/h2,4-5,7,12-13H,1,3H2,(H,10,14,15)/t4?,5-,7-/m0/s1. The number of ether oxygens (including phenoxy) is 1. The number of aliphatic hydroxyl groups excluding tert-OH is 2. The molecule has 1 unspecified atom stereocenters. The Hall–Kier alpha value is -1.51. The molecule has 1 aromatic rings. The number of H-pyrrole nitrogens is 1. The summed E-state index contributed by atoms with van der Waals surface area (Å²) in [6, 6.07) is 0. The van der Waals surface area contributed by atoms with Gasteiger partial charge in [0.15, 0.2) is 6.23 Å². The monoisotopic (exact) mass is 229 g/mol. The van der Waals surface area contributed by atoms with Crippen molar-refractivity contribution < 1.29 is 14.9 Å². The molecule has 88 valence electrons. The summed E-state index contributed by atoms with van der Waals surface area (Å²) in [4.78, 5) is 24.2. The Balaban J connectivity index is 2.27. The van der Waals surface area contributed by atoms with Crippen LogP contribution in [0.3, 0.4) is 0 Å². The molecule has 0 aliphatic carbocycles. The molecule has 0 amide bonds. The molecule has 2 heterocycles. The third kappa shape index (κ3) is 1.90. The van der Waals surface area contributed by atoms with Crippen LogP contribution >= 0.6 is 0 Å². The Morgan fingerprint density at radius 1 is 1.62 bits per heavy atom. The van der Waals surface area contributed by atoms with Crippen LogP contribution in [0.15, 0.2) is 15.8 Å². The lowest BCUT2D eigenvalue weighted by molar-refractivity contribution is -0.0506. The van der Waals surface area contributed by atoms with Crippen molar-refractivity contribution in [1.82, 2.24) is 14.8 Å². The maximum Gasteiger partial charge on any atom is 0.347 e. The molecule has 0 spiro atoms. The van der Waals surface area contributed by atoms with E-state index in [-0.39, 0.29) is 13.0 Å². The number of hydrogen-bond acceptors (Lipinski definition) is 6. The highest BCUT2D eigenvalue weighted by Crippen LogP contribution is 2.26. The average molecular weight is 229 g/mol. The van der Waals surface area contributed by atoms with E-state index in [2.05, 4.69) is 5.10 Å². The van der Waals surface area contributed by atoms with Crippen LogP contribution in [0.4, 0.5) is 0 Å². The molecule has 1 aliphatic heterocycles. The number of aromatic nitrogens is 3. The number of aromatic amines is 1. The zero-order valence-corrected chi connectivity index (χ0v) is 8.24. The molecule has 3 N–H and O–H groups in total. The van der Waals surface area contributed by atoms with E-state index in [1.807, 2.05) is 4.98 Å². The number of nitrogens with one attached hydrogen (secondary N) is 1. The topological polar surface area (TPSA) is 117 Å². The summed E-state index contributed by atoms with van der Waals surface area (Å²) in [5.41, 5.74) is -1.30. The normalized spacial score (nSPS) is 29.5. The third-order valence-corrected chi connectivity index (χ3v) is 2.39. The second-order valence-electron chi connectivity index (χ2n) is 3.50. The average Bonchev–Trinajstić information content (AvgIpc) is 2.59. The highest BCUT2D eigenvalue weighted by atomic mass is 16.5. The summed E-state index contributed by atoms with van der Waals surface area (Å²) < 4.78 is 6.14. The van der Waals surface area contributed by atoms with Crippen molar-refractivity contribution in [2.24, 2.45) is 0 Å². The van der Waals surface area contributed by atoms with Gasteiger partial charge in [0.1, 0.15) is 12.3 Å². The van der Waals surface area contributed by atoms with Gasteiger partial charge in [0, 0.05) is 6.42 Å². The smallest absolute Gasteiger partial charge is 0.347 e. The second kappa shape index (κ2) is 4.16. The highest BCUT2D eigenvalue weighted by Gasteiger charge is 2.35. The van der Waals surface area contributed by atoms with Gasteiger partial charge in [0.2, 0.25) is 0 Å². The predicted molar refractivity (Wildman–Crippen MR) is 50.7 cm³/mol. The van der Waals surface area contributed by atoms with Crippen molar-refractivity contribution in [3.63, 3.8) is 0 Å². The largest absolute Gasteiger partial charge is 0.394 e. The molecular weight excluding hydrogens is 218 g/mol. The van der Waals surface area contributed by atoms with Gasteiger partial charge in [-0.2, -0.15) is 9.78 Å². The van der Waals surface area contributed by atoms with E-state index in [1.165, 1.54) is 0 Å². The molecule has 1 fully saturated rings. The molecule has 1 aliphatic rings. The number of rotatable bonds is 2. The Morgan fingerprint density at radius 2 is 2.38 bits per heavy atom. The lowest BCUT2D eigenvalue weighted by Crippen LogP contribution is -2.34. The number of nitrogens with zero attached hydrogens (tertiary/aromatic N) is 2. The lowest BCUT2D eigenvalue weighted by Gasteiger charge is -2.12. The summed E-state index contributed by atoms with van der Waals surface area (Å²) in [5.74, 6) is 0. The summed E-state index contributed by atoms with van der Waals surface area (Å²) >= 11 is 0. The van der Waals surface area contributed by atoms with Crippen LogP contribution < -0.4 is 11.2 Å². The Labute approximate surface area is 89.1 Å². The van der Waals surface area contributed by atoms with Gasteiger partial charge in [-0.15, -0.1) is 0 Å². The third-order valence-electron chi connectivity index (χ3n) is 2.39. The van der Waals surface area contributed by atoms with Gasteiger partial charge in [-0.05, 0) is 0 Å². The minimum atomic E-state index is -0.851. The molecule has 0 radical (unpaired) electrons. The fourth-order valence-electron chi connectivity index (χ4n) is 1.60. The molecule has 2 rings (SSSR count). The maximum absolute atomic E-state index is 11.3. The molecule has 0 bridgehead atoms. The molecule has 0 saturated carbocycles. The zero-order chi connectivity index (χ0) is 11.7. The van der Waals surface area contributed by atoms with Crippen LogP contribution in [0.2, 0.25) is 0 Å². The zero-order valence-electron chi connectivity index (χ0n) is 8.24. The van der Waals surface area contributed by atoms with E-state index < -0.39 is 29.7 Å². The SMILES string of the molecule is O=c1cnn([C@@H]2CC(O)[C@H](CO)O2)c(=O)[nH]1. The van der Waals surface area contributed by atoms with E-state index in [4.69, 9.17) is 9.84 Å². The Bertz CT molecular complexity index is 481. The molecule has 8 heteroatoms. The van der Waals surface area contributed by atoms with Crippen molar-refractivity contribution in [2.45, 2.75) is 24.9 Å². The second-order valence-corrected chi connectivity index (χ2v) is 3.50. The summed E-state index contributed by atoms with van der Waals surface area (Å²) in [6.45, 7) is -0.338. The first-order valence-electron chi connectivity index (χ1n) is 4.74. The Morgan fingerprint density at radius 3 is 2.94 bits per heavy atom. The van der Waals surface area contributed by atoms with Gasteiger partial charge in [0.05, 0.1) is 12.7 Å². The number of hydrogen-bond donors (Lipinski definition) is 3. The van der Waals surface area contributed by atoms with Crippen LogP contribution in [-0.4, -0.2) is 43.8 Å². The van der Waals surface area contributed by atoms with Crippen molar-refractivity contribution in [3.8, 4) is 0 Å². The van der Waals surface area contributed by atoms with E-state index in [1.54, 1.807) is 0 Å². The summed E-state index contributed by atoms with van der Waals surface area (Å²) in [7, 11) is 0. The van der Waals surface area contributed by atoms with Gasteiger partial charge in [-0.1, -0.05) is 0 Å². The lowest BCUT2D eigenvalue weighted by atomic mass is 10.2. The van der Waals surface area contributed by atoms with Gasteiger partial charge >= 0.3 is 5.69 Å². The van der Waals surface area contributed by atoms with Crippen molar-refractivity contribution in [3.05, 3.63) is 27.0 Å². The fourth-order valence-corrected chi connectivity index (χ4v) is 1.60. The van der Waals surface area contributed by atoms with E-state index in [0.717, 1.165) is 10.9 Å². The Kier molecular flexibility index (Phi) is 2.86. The van der Waals surface area contributed by atoms with Crippen LogP contribution in [0.5, 0.6) is 0 Å². The molecule has 1 saturated heterocycles. The minimum Gasteiger partial charge on any atom is -0.394 e. The van der Waals surface area contributed by atoms with E-state index in [9.17, 15) is 14.7 Å². The molecule has 3 atom stereocenters. The minimum absolute atomic E-state index is 0.143. The van der Waals surface area contributed by atoms with Gasteiger partial charge in [-0.25, -0.2) is 4.79 Å². The summed E-state index contributed by atoms with van der Waals surface area (Å²) in [5, 5.41) is 21.9. The molecule has 0 aromatic carbocycles. The van der Waals surface area contributed by atoms with Crippen molar-refractivity contribution in [1.29, 1.82) is 0 Å². The first kappa shape index (κ1) is 11.0. The molecular formula is C8H11N3O5. The number of aliphatic hydroxyl groups is 2. The molecule has 16 heavy (non-hydrogen) atoms. The van der Waals surface area contributed by atoms with Gasteiger partial charge < -0.3 is 14.9 Å². The van der Waals surface area contributed by atoms with E-state index >= 15 is 0 Å². The van der Waals surface area contributed by atoms with Crippen molar-refractivity contribution in [2.75, 3.05) is 6.61 Å². The van der Waals surface area contributed by atoms with Gasteiger partial charge in [0.25, 0.3) is 5.56 Å².